The zero-order chi connectivity index (χ0) is 37.0. The highest BCUT2D eigenvalue weighted by Gasteiger charge is 2.33. The number of hydrogen-bond donors (Lipinski definition) is 0. The summed E-state index contributed by atoms with van der Waals surface area (Å²) in [4.78, 5) is 11.3. The third-order valence-corrected chi connectivity index (χ3v) is 13.0. The molecule has 0 N–H and O–H groups in total. The largest absolute Gasteiger partial charge is 0.293 e. The van der Waals surface area contributed by atoms with Gasteiger partial charge in [-0.2, -0.15) is 0 Å². The predicted molar refractivity (Wildman–Crippen MR) is 235 cm³/mol. The monoisotopic (exact) mass is 956 g/mol. The molecule has 52 heavy (non-hydrogen) atoms. The molecule has 0 amide bonds. The SMILES string of the molecule is CC[C@@H]1CN(Cc2ccc(Br)cc2)[C@H](CC)CN(Cc2ccc(Br)cc2)[C@H](CC)CN(Cc2ccc(Br)cc2)[C@H](CC)CN1Cc1ccc(Br)cc1. The Balaban J connectivity index is 1.59. The van der Waals surface area contributed by atoms with E-state index >= 15 is 0 Å². The van der Waals surface area contributed by atoms with Crippen LogP contribution in [0.25, 0.3) is 0 Å². The van der Waals surface area contributed by atoms with E-state index in [-0.39, 0.29) is 0 Å². The Morgan fingerprint density at radius 1 is 0.346 bits per heavy atom. The molecule has 0 saturated carbocycles. The molecule has 4 aromatic rings. The molecular formula is C44H56Br4N4. The third kappa shape index (κ3) is 12.3. The summed E-state index contributed by atoms with van der Waals surface area (Å²) in [7, 11) is 0. The first-order chi connectivity index (χ1) is 25.2. The fraction of sp³-hybridized carbons (Fsp3) is 0.455. The lowest BCUT2D eigenvalue weighted by Crippen LogP contribution is -2.57. The molecule has 0 unspecified atom stereocenters. The highest BCUT2D eigenvalue weighted by Crippen LogP contribution is 2.27. The van der Waals surface area contributed by atoms with Crippen molar-refractivity contribution in [1.29, 1.82) is 0 Å². The van der Waals surface area contributed by atoms with Gasteiger partial charge in [0, 0.05) is 94.4 Å². The van der Waals surface area contributed by atoms with Gasteiger partial charge < -0.3 is 0 Å². The fourth-order valence-corrected chi connectivity index (χ4v) is 8.82. The molecule has 4 aromatic carbocycles. The average molecular weight is 961 g/mol. The maximum Gasteiger partial charge on any atom is 0.0237 e. The Morgan fingerprint density at radius 2 is 0.519 bits per heavy atom. The van der Waals surface area contributed by atoms with Crippen LogP contribution in [-0.4, -0.2) is 69.9 Å². The van der Waals surface area contributed by atoms with E-state index in [0.29, 0.717) is 24.2 Å². The van der Waals surface area contributed by atoms with Crippen LogP contribution >= 0.6 is 63.7 Å². The summed E-state index contributed by atoms with van der Waals surface area (Å²) in [5.74, 6) is 0. The summed E-state index contributed by atoms with van der Waals surface area (Å²) in [5, 5.41) is 0. The van der Waals surface area contributed by atoms with Crippen molar-refractivity contribution in [2.75, 3.05) is 26.2 Å². The fourth-order valence-electron chi connectivity index (χ4n) is 7.76. The van der Waals surface area contributed by atoms with E-state index in [1.165, 1.54) is 22.3 Å². The molecular weight excluding hydrogens is 904 g/mol. The van der Waals surface area contributed by atoms with Crippen LogP contribution in [0.3, 0.4) is 0 Å². The van der Waals surface area contributed by atoms with Gasteiger partial charge in [-0.15, -0.1) is 0 Å². The quantitative estimate of drug-likeness (QED) is 0.140. The maximum atomic E-state index is 3.68. The average Bonchev–Trinajstić information content (AvgIpc) is 3.15. The van der Waals surface area contributed by atoms with Gasteiger partial charge in [0.1, 0.15) is 0 Å². The van der Waals surface area contributed by atoms with Gasteiger partial charge in [-0.1, -0.05) is 140 Å². The molecule has 8 heteroatoms. The summed E-state index contributed by atoms with van der Waals surface area (Å²) in [6.07, 6.45) is 4.42. The molecule has 1 aliphatic heterocycles. The van der Waals surface area contributed by atoms with Crippen LogP contribution in [0.2, 0.25) is 0 Å². The first kappa shape index (κ1) is 41.8. The summed E-state index contributed by atoms with van der Waals surface area (Å²) >= 11 is 14.7. The van der Waals surface area contributed by atoms with Gasteiger partial charge in [0.2, 0.25) is 0 Å². The van der Waals surface area contributed by atoms with Crippen molar-refractivity contribution in [2.24, 2.45) is 0 Å². The molecule has 0 aliphatic carbocycles. The zero-order valence-electron chi connectivity index (χ0n) is 31.3. The van der Waals surface area contributed by atoms with Gasteiger partial charge >= 0.3 is 0 Å². The molecule has 4 nitrogen and oxygen atoms in total. The van der Waals surface area contributed by atoms with Gasteiger partial charge in [-0.25, -0.2) is 0 Å². The summed E-state index contributed by atoms with van der Waals surface area (Å²) in [6.45, 7) is 17.5. The minimum atomic E-state index is 0.415. The minimum absolute atomic E-state index is 0.415. The predicted octanol–water partition coefficient (Wildman–Crippen LogP) is 12.2. The van der Waals surface area contributed by atoms with Crippen LogP contribution in [0, 0.1) is 0 Å². The standard InChI is InChI=1S/C44H56Br4N4/c1-5-41-29-50(26-34-11-19-38(46)20-12-34)43(7-3)31-52(28-36-15-23-40(48)24-16-36)44(8-4)32-51(27-35-13-21-39(47)22-14-35)42(6-2)30-49(41)25-33-9-17-37(45)18-10-33/h9-24,41-44H,5-8,25-32H2,1-4H3/t41-,42-,43-,44-/m1/s1. The molecule has 0 spiro atoms. The van der Waals surface area contributed by atoms with Gasteiger partial charge in [0.25, 0.3) is 0 Å². The number of benzene rings is 4. The van der Waals surface area contributed by atoms with E-state index < -0.39 is 0 Å². The molecule has 4 atom stereocenters. The van der Waals surface area contributed by atoms with Crippen molar-refractivity contribution >= 4 is 63.7 Å². The van der Waals surface area contributed by atoms with Crippen molar-refractivity contribution in [1.82, 2.24) is 19.6 Å². The van der Waals surface area contributed by atoms with E-state index in [4.69, 9.17) is 0 Å². The van der Waals surface area contributed by atoms with E-state index in [0.717, 1.165) is 95.9 Å². The van der Waals surface area contributed by atoms with Crippen molar-refractivity contribution in [2.45, 2.75) is 104 Å². The summed E-state index contributed by atoms with van der Waals surface area (Å²) in [5.41, 5.74) is 5.51. The van der Waals surface area contributed by atoms with Crippen molar-refractivity contribution in [3.8, 4) is 0 Å². The molecule has 0 bridgehead atoms. The molecule has 0 aromatic heterocycles. The highest BCUT2D eigenvalue weighted by atomic mass is 79.9. The van der Waals surface area contributed by atoms with E-state index in [1.807, 2.05) is 0 Å². The minimum Gasteiger partial charge on any atom is -0.293 e. The lowest BCUT2D eigenvalue weighted by atomic mass is 10.0. The van der Waals surface area contributed by atoms with Crippen LogP contribution in [0.4, 0.5) is 0 Å². The highest BCUT2D eigenvalue weighted by molar-refractivity contribution is 9.11. The Hall–Kier alpha value is -1.36. The van der Waals surface area contributed by atoms with E-state index in [1.54, 1.807) is 0 Å². The summed E-state index contributed by atoms with van der Waals surface area (Å²) in [6, 6.07) is 37.6. The molecule has 5 rings (SSSR count). The normalized spacial score (nSPS) is 21.8. The van der Waals surface area contributed by atoms with Crippen LogP contribution in [0.5, 0.6) is 0 Å². The lowest BCUT2D eigenvalue weighted by Gasteiger charge is -2.46. The number of halogens is 4. The second kappa shape index (κ2) is 21.1. The van der Waals surface area contributed by atoms with E-state index in [9.17, 15) is 0 Å². The smallest absolute Gasteiger partial charge is 0.0237 e. The Kier molecular flexibility index (Phi) is 16.9. The number of hydrogen-bond acceptors (Lipinski definition) is 4. The summed E-state index contributed by atoms with van der Waals surface area (Å²) < 4.78 is 4.53. The van der Waals surface area contributed by atoms with Crippen LogP contribution in [0.15, 0.2) is 115 Å². The van der Waals surface area contributed by atoms with E-state index in [2.05, 4.69) is 208 Å². The van der Waals surface area contributed by atoms with Gasteiger partial charge in [-0.05, 0) is 96.5 Å². The molecule has 1 saturated heterocycles. The van der Waals surface area contributed by atoms with Crippen LogP contribution in [0.1, 0.15) is 75.6 Å². The zero-order valence-corrected chi connectivity index (χ0v) is 37.7. The number of rotatable bonds is 12. The lowest BCUT2D eigenvalue weighted by molar-refractivity contribution is 0.0150. The van der Waals surface area contributed by atoms with Crippen LogP contribution in [-0.2, 0) is 26.2 Å². The maximum absolute atomic E-state index is 3.68. The number of nitrogens with zero attached hydrogens (tertiary/aromatic N) is 4. The van der Waals surface area contributed by atoms with Gasteiger partial charge in [-0.3, -0.25) is 19.6 Å². The third-order valence-electron chi connectivity index (χ3n) is 10.9. The Bertz CT molecular complexity index is 1370. The van der Waals surface area contributed by atoms with Crippen molar-refractivity contribution in [3.63, 3.8) is 0 Å². The Labute approximate surface area is 347 Å². The van der Waals surface area contributed by atoms with Crippen molar-refractivity contribution < 1.29 is 0 Å². The van der Waals surface area contributed by atoms with Gasteiger partial charge in [0.15, 0.2) is 0 Å². The second-order valence-corrected chi connectivity index (χ2v) is 18.1. The first-order valence-corrected chi connectivity index (χ1v) is 22.3. The molecule has 1 heterocycles. The van der Waals surface area contributed by atoms with Gasteiger partial charge in [0.05, 0.1) is 0 Å². The second-order valence-electron chi connectivity index (χ2n) is 14.5. The first-order valence-electron chi connectivity index (χ1n) is 19.1. The molecule has 1 fully saturated rings. The molecule has 0 radical (unpaired) electrons. The topological polar surface area (TPSA) is 13.0 Å². The Morgan fingerprint density at radius 3 is 0.673 bits per heavy atom. The molecule has 280 valence electrons. The van der Waals surface area contributed by atoms with Crippen LogP contribution < -0.4 is 0 Å². The van der Waals surface area contributed by atoms with Crippen molar-refractivity contribution in [3.05, 3.63) is 137 Å². The molecule has 1 aliphatic rings.